The van der Waals surface area contributed by atoms with Gasteiger partial charge in [-0.2, -0.15) is 0 Å². The largest absolute Gasteiger partial charge is 0.472 e. The number of ether oxygens (including phenoxy) is 4. The van der Waals surface area contributed by atoms with Gasteiger partial charge in [0.05, 0.1) is 26.4 Å². The molecule has 0 aliphatic heterocycles. The SMILES string of the molecule is CCCCCC/C=C\C=C/CCCCCCCC(=O)O[C@H](COC(=O)CCCCCCCCCCC(C)C)COP(=O)(O)OC[C@@H](O)COP(=O)(O)OC[C@@H](COC(=O)CCCCCCCCC(C)CC)OC(=O)CCCCCCCCCCCC(C)C. The second kappa shape index (κ2) is 59.5. The molecule has 0 amide bonds. The van der Waals surface area contributed by atoms with Gasteiger partial charge in [-0.1, -0.05) is 265 Å². The van der Waals surface area contributed by atoms with E-state index in [0.29, 0.717) is 25.7 Å². The molecule has 0 aliphatic rings. The van der Waals surface area contributed by atoms with Crippen molar-refractivity contribution in [2.24, 2.45) is 17.8 Å². The third-order valence-corrected chi connectivity index (χ3v) is 17.5. The molecule has 0 aromatic rings. The van der Waals surface area contributed by atoms with Gasteiger partial charge in [-0.15, -0.1) is 0 Å². The van der Waals surface area contributed by atoms with Crippen molar-refractivity contribution in [1.29, 1.82) is 0 Å². The zero-order chi connectivity index (χ0) is 65.2. The van der Waals surface area contributed by atoms with Crippen LogP contribution in [0.5, 0.6) is 0 Å². The molecule has 0 heterocycles. The Morgan fingerprint density at radius 2 is 0.670 bits per heavy atom. The number of phosphoric ester groups is 2. The Morgan fingerprint density at radius 1 is 0.375 bits per heavy atom. The molecule has 0 aromatic heterocycles. The van der Waals surface area contributed by atoms with E-state index < -0.39 is 97.5 Å². The Bertz CT molecular complexity index is 1830. The number of phosphoric acid groups is 2. The lowest BCUT2D eigenvalue weighted by Crippen LogP contribution is -2.30. The van der Waals surface area contributed by atoms with Crippen molar-refractivity contribution < 1.29 is 80.2 Å². The van der Waals surface area contributed by atoms with E-state index in [9.17, 15) is 43.2 Å². The summed E-state index contributed by atoms with van der Waals surface area (Å²) in [7, 11) is -9.91. The van der Waals surface area contributed by atoms with Gasteiger partial charge >= 0.3 is 39.5 Å². The molecule has 6 atom stereocenters. The van der Waals surface area contributed by atoms with E-state index in [2.05, 4.69) is 72.8 Å². The number of aliphatic hydroxyl groups excluding tert-OH is 1. The molecule has 0 rings (SSSR count). The minimum Gasteiger partial charge on any atom is -0.462 e. The number of aliphatic hydroxyl groups is 1. The minimum atomic E-state index is -4.96. The molecule has 0 saturated heterocycles. The van der Waals surface area contributed by atoms with Crippen LogP contribution >= 0.6 is 15.6 Å². The predicted molar refractivity (Wildman–Crippen MR) is 354 cm³/mol. The van der Waals surface area contributed by atoms with E-state index in [0.717, 1.165) is 133 Å². The monoisotopic (exact) mass is 1290 g/mol. The molecule has 0 spiro atoms. The number of carbonyl (C=O) groups is 4. The van der Waals surface area contributed by atoms with Crippen molar-refractivity contribution in [1.82, 2.24) is 0 Å². The second-order valence-corrected chi connectivity index (χ2v) is 28.3. The molecule has 0 aliphatic carbocycles. The highest BCUT2D eigenvalue weighted by atomic mass is 31.2. The maximum Gasteiger partial charge on any atom is 0.472 e. The number of hydrogen-bond donors (Lipinski definition) is 3. The van der Waals surface area contributed by atoms with E-state index >= 15 is 0 Å². The summed E-state index contributed by atoms with van der Waals surface area (Å²) in [4.78, 5) is 72.4. The van der Waals surface area contributed by atoms with Crippen LogP contribution in [-0.4, -0.2) is 96.7 Å². The first-order chi connectivity index (χ1) is 42.3. The molecular formula is C69H130O17P2. The number of carbonyl (C=O) groups excluding carboxylic acids is 4. The van der Waals surface area contributed by atoms with Crippen molar-refractivity contribution in [2.75, 3.05) is 39.6 Å². The van der Waals surface area contributed by atoms with Gasteiger partial charge in [0.15, 0.2) is 12.2 Å². The molecule has 3 unspecified atom stereocenters. The summed E-state index contributed by atoms with van der Waals surface area (Å²) in [5, 5.41) is 10.6. The van der Waals surface area contributed by atoms with Crippen LogP contribution in [0.3, 0.4) is 0 Å². The Balaban J connectivity index is 5.30. The third kappa shape index (κ3) is 61.1. The maximum atomic E-state index is 13.0. The predicted octanol–water partition coefficient (Wildman–Crippen LogP) is 19.0. The Hall–Kier alpha value is -2.46. The number of allylic oxidation sites excluding steroid dienone is 4. The molecule has 0 bridgehead atoms. The summed E-state index contributed by atoms with van der Waals surface area (Å²) in [6.07, 6.45) is 45.3. The van der Waals surface area contributed by atoms with Gasteiger partial charge in [0, 0.05) is 25.7 Å². The summed E-state index contributed by atoms with van der Waals surface area (Å²) < 4.78 is 68.2. The van der Waals surface area contributed by atoms with Gasteiger partial charge in [-0.05, 0) is 69.1 Å². The number of unbranched alkanes of at least 4 members (excludes halogenated alkanes) is 29. The molecule has 17 nitrogen and oxygen atoms in total. The van der Waals surface area contributed by atoms with Gasteiger partial charge in [-0.25, -0.2) is 9.13 Å². The van der Waals surface area contributed by atoms with Gasteiger partial charge in [0.1, 0.15) is 19.3 Å². The van der Waals surface area contributed by atoms with Crippen molar-refractivity contribution in [3.05, 3.63) is 24.3 Å². The lowest BCUT2D eigenvalue weighted by atomic mass is 10.00. The van der Waals surface area contributed by atoms with Crippen molar-refractivity contribution >= 4 is 39.5 Å². The van der Waals surface area contributed by atoms with Crippen molar-refractivity contribution in [2.45, 2.75) is 336 Å². The molecule has 19 heteroatoms. The van der Waals surface area contributed by atoms with E-state index in [-0.39, 0.29) is 25.7 Å². The van der Waals surface area contributed by atoms with Crippen LogP contribution in [0.1, 0.15) is 318 Å². The highest BCUT2D eigenvalue weighted by molar-refractivity contribution is 7.47. The highest BCUT2D eigenvalue weighted by Gasteiger charge is 2.30. The topological polar surface area (TPSA) is 237 Å². The molecular weight excluding hydrogens is 1160 g/mol. The second-order valence-electron chi connectivity index (χ2n) is 25.4. The molecule has 518 valence electrons. The number of esters is 4. The first-order valence-electron chi connectivity index (χ1n) is 35.2. The lowest BCUT2D eigenvalue weighted by Gasteiger charge is -2.21. The van der Waals surface area contributed by atoms with Crippen LogP contribution in [-0.2, 0) is 65.4 Å². The molecule has 88 heavy (non-hydrogen) atoms. The highest BCUT2D eigenvalue weighted by Crippen LogP contribution is 2.45. The third-order valence-electron chi connectivity index (χ3n) is 15.6. The fourth-order valence-electron chi connectivity index (χ4n) is 9.79. The fourth-order valence-corrected chi connectivity index (χ4v) is 11.4. The number of rotatable bonds is 65. The van der Waals surface area contributed by atoms with Crippen LogP contribution in [0.2, 0.25) is 0 Å². The fraction of sp³-hybridized carbons (Fsp3) is 0.884. The average molecular weight is 1290 g/mol. The average Bonchev–Trinajstić information content (AvgIpc) is 3.57. The summed E-state index contributed by atoms with van der Waals surface area (Å²) in [6, 6.07) is 0. The van der Waals surface area contributed by atoms with Crippen LogP contribution in [0.4, 0.5) is 0 Å². The quantitative estimate of drug-likeness (QED) is 0.0169. The molecule has 3 N–H and O–H groups in total. The van der Waals surface area contributed by atoms with E-state index in [4.69, 9.17) is 37.0 Å². The standard InChI is InChI=1S/C69H130O17P2/c1-8-10-11-12-13-14-15-16-17-18-19-22-29-38-45-52-68(73)85-64(56-79-66(71)50-43-36-28-25-24-27-34-41-48-61(5)6)58-83-87(75,76)81-54-63(70)55-82-88(77,78)84-59-65(57-80-67(72)51-44-37-32-31-35-42-49-62(7)9-2)86-69(74)53-46-39-30-23-20-21-26-33-40-47-60(3)4/h14-17,60-65,70H,8-13,18-59H2,1-7H3,(H,75,76)(H,77,78)/b15-14-,17-16-/t62?,63-,64-,65-/m1/s1. The smallest absolute Gasteiger partial charge is 0.462 e. The van der Waals surface area contributed by atoms with E-state index in [1.165, 1.54) is 103 Å². The molecule has 0 aromatic carbocycles. The number of hydrogen-bond acceptors (Lipinski definition) is 15. The Morgan fingerprint density at radius 3 is 1.01 bits per heavy atom. The maximum absolute atomic E-state index is 13.0. The van der Waals surface area contributed by atoms with E-state index in [1.807, 2.05) is 0 Å². The summed E-state index contributed by atoms with van der Waals surface area (Å²) in [5.74, 6) is 0.0261. The van der Waals surface area contributed by atoms with Crippen LogP contribution in [0, 0.1) is 17.8 Å². The van der Waals surface area contributed by atoms with Crippen LogP contribution in [0.15, 0.2) is 24.3 Å². The Kier molecular flexibility index (Phi) is 57.9. The van der Waals surface area contributed by atoms with Crippen LogP contribution in [0.25, 0.3) is 0 Å². The first-order valence-corrected chi connectivity index (χ1v) is 38.2. The summed E-state index contributed by atoms with van der Waals surface area (Å²) >= 11 is 0. The molecule has 0 saturated carbocycles. The normalized spacial score (nSPS) is 14.7. The zero-order valence-electron chi connectivity index (χ0n) is 56.7. The van der Waals surface area contributed by atoms with Gasteiger partial charge in [-0.3, -0.25) is 37.3 Å². The molecule has 0 radical (unpaired) electrons. The minimum absolute atomic E-state index is 0.0838. The molecule has 0 fully saturated rings. The van der Waals surface area contributed by atoms with Crippen molar-refractivity contribution in [3.63, 3.8) is 0 Å². The summed E-state index contributed by atoms with van der Waals surface area (Å²) in [5.41, 5.74) is 0. The Labute approximate surface area is 535 Å². The zero-order valence-corrected chi connectivity index (χ0v) is 58.5. The first kappa shape index (κ1) is 85.5. The lowest BCUT2D eigenvalue weighted by molar-refractivity contribution is -0.161. The van der Waals surface area contributed by atoms with Crippen molar-refractivity contribution in [3.8, 4) is 0 Å². The van der Waals surface area contributed by atoms with Crippen LogP contribution < -0.4 is 0 Å². The van der Waals surface area contributed by atoms with Gasteiger partial charge < -0.3 is 33.8 Å². The van der Waals surface area contributed by atoms with Gasteiger partial charge in [0.2, 0.25) is 0 Å². The summed E-state index contributed by atoms with van der Waals surface area (Å²) in [6.45, 7) is 11.7. The van der Waals surface area contributed by atoms with E-state index in [1.54, 1.807) is 0 Å². The van der Waals surface area contributed by atoms with Gasteiger partial charge in [0.25, 0.3) is 0 Å².